The third-order valence-corrected chi connectivity index (χ3v) is 2.35. The van der Waals surface area contributed by atoms with Crippen molar-refractivity contribution in [2.24, 2.45) is 5.41 Å². The Morgan fingerprint density at radius 2 is 1.59 bits per heavy atom. The van der Waals surface area contributed by atoms with Gasteiger partial charge in [-0.1, -0.05) is 52.5 Å². The molecule has 97 valence electrons. The van der Waals surface area contributed by atoms with E-state index in [4.69, 9.17) is 0 Å². The van der Waals surface area contributed by atoms with Crippen LogP contribution in [0.3, 0.4) is 0 Å². The molecule has 0 heterocycles. The molecule has 0 bridgehead atoms. The van der Waals surface area contributed by atoms with E-state index in [1.807, 2.05) is 0 Å². The first-order valence-electron chi connectivity index (χ1n) is 5.36. The van der Waals surface area contributed by atoms with Crippen LogP contribution in [0.5, 0.6) is 0 Å². The third-order valence-electron chi connectivity index (χ3n) is 2.35. The fourth-order valence-corrected chi connectivity index (χ4v) is 1.70. The minimum absolute atomic E-state index is 0. The third kappa shape index (κ3) is 4.29. The Bertz CT molecular complexity index is 402. The van der Waals surface area contributed by atoms with Crippen LogP contribution < -0.4 is 0 Å². The van der Waals surface area contributed by atoms with Gasteiger partial charge in [-0.2, -0.15) is 6.92 Å². The fraction of sp³-hybridized carbons (Fsp3) is 0.375. The summed E-state index contributed by atoms with van der Waals surface area (Å²) < 4.78 is 0. The van der Waals surface area contributed by atoms with Crippen LogP contribution in [0, 0.1) is 12.3 Å². The molecule has 17 heavy (non-hydrogen) atoms. The molecule has 0 atom stereocenters. The molecule has 1 aromatic rings. The van der Waals surface area contributed by atoms with E-state index in [-0.39, 0.29) is 33.3 Å². The van der Waals surface area contributed by atoms with Crippen molar-refractivity contribution in [3.05, 3.63) is 48.0 Å². The Morgan fingerprint density at radius 1 is 1.06 bits per heavy atom. The molecule has 2 rings (SSSR count). The van der Waals surface area contributed by atoms with Gasteiger partial charge >= 0.3 is 20.4 Å². The molecule has 1 radical (unpaired) electrons. The van der Waals surface area contributed by atoms with E-state index in [0.29, 0.717) is 0 Å². The first kappa shape index (κ1) is 18.8. The minimum Gasteiger partial charge on any atom is -0.346 e. The van der Waals surface area contributed by atoms with Gasteiger partial charge < -0.3 is 6.92 Å². The molecule has 0 spiro atoms. The zero-order valence-electron chi connectivity index (χ0n) is 10.4. The molecule has 0 saturated carbocycles. The Labute approximate surface area is 120 Å². The van der Waals surface area contributed by atoms with E-state index in [1.54, 1.807) is 6.92 Å². The summed E-state index contributed by atoms with van der Waals surface area (Å²) in [6.07, 6.45) is 2.08. The monoisotopic (exact) mass is 321 g/mol. The summed E-state index contributed by atoms with van der Waals surface area (Å²) in [7, 11) is 0. The van der Waals surface area contributed by atoms with Gasteiger partial charge in [-0.25, -0.2) is 0 Å². The molecule has 0 aliphatic heterocycles. The number of allylic oxidation sites excluding steroid dienone is 1. The smallest absolute Gasteiger partial charge is 0.346 e. The van der Waals surface area contributed by atoms with Crippen LogP contribution in [-0.2, 0) is 20.4 Å². The quantitative estimate of drug-likeness (QED) is 0.349. The van der Waals surface area contributed by atoms with Gasteiger partial charge in [0.25, 0.3) is 0 Å². The molecule has 0 nitrogen and oxygen atoms in total. The number of rotatable bonds is 0. The summed E-state index contributed by atoms with van der Waals surface area (Å²) in [6, 6.07) is 8.47. The average Bonchev–Trinajstić information content (AvgIpc) is 2.63. The number of fused-ring (bicyclic) bond motifs is 1. The Hall–Kier alpha value is -0.598. The zero-order valence-corrected chi connectivity index (χ0v) is 12.0. The normalized spacial score (nSPS) is 11.2. The second-order valence-corrected chi connectivity index (χ2v) is 4.50. The summed E-state index contributed by atoms with van der Waals surface area (Å²) in [4.78, 5) is 0. The van der Waals surface area contributed by atoms with Gasteiger partial charge in [0.2, 0.25) is 0 Å². The van der Waals surface area contributed by atoms with Crippen LogP contribution in [0.2, 0.25) is 0 Å². The summed E-state index contributed by atoms with van der Waals surface area (Å²) in [5, 5.41) is 0. The largest absolute Gasteiger partial charge is 1.00 e. The van der Waals surface area contributed by atoms with Crippen molar-refractivity contribution in [3.8, 4) is 0 Å². The van der Waals surface area contributed by atoms with Gasteiger partial charge in [-0.15, -0.1) is 5.73 Å². The van der Waals surface area contributed by atoms with Crippen LogP contribution in [0.4, 0.5) is 0 Å². The SMILES string of the molecule is C.CC(C)(C)C1=C=Cc2ccccc21.[CH2-]C.[Pd+]. The predicted molar refractivity (Wildman–Crippen MR) is 75.0 cm³/mol. The van der Waals surface area contributed by atoms with Crippen molar-refractivity contribution in [1.29, 1.82) is 0 Å². The van der Waals surface area contributed by atoms with Crippen molar-refractivity contribution in [2.75, 3.05) is 0 Å². The van der Waals surface area contributed by atoms with Gasteiger partial charge in [0.1, 0.15) is 0 Å². The van der Waals surface area contributed by atoms with Gasteiger partial charge in [-0.3, -0.25) is 0 Å². The van der Waals surface area contributed by atoms with Crippen molar-refractivity contribution < 1.29 is 20.4 Å². The predicted octanol–water partition coefficient (Wildman–Crippen LogP) is 5.22. The molecular formula is C16H23Pd. The van der Waals surface area contributed by atoms with E-state index in [2.05, 4.69) is 63.8 Å². The maximum Gasteiger partial charge on any atom is 1.00 e. The zero-order chi connectivity index (χ0) is 11.5. The van der Waals surface area contributed by atoms with Gasteiger partial charge in [0, 0.05) is 5.57 Å². The van der Waals surface area contributed by atoms with E-state index < -0.39 is 0 Å². The van der Waals surface area contributed by atoms with Gasteiger partial charge in [0.05, 0.1) is 0 Å². The van der Waals surface area contributed by atoms with Crippen molar-refractivity contribution in [2.45, 2.75) is 35.1 Å². The first-order chi connectivity index (χ1) is 7.09. The van der Waals surface area contributed by atoms with Gasteiger partial charge in [-0.05, 0) is 22.6 Å². The maximum atomic E-state index is 3.35. The minimum atomic E-state index is 0. The van der Waals surface area contributed by atoms with Gasteiger partial charge in [0.15, 0.2) is 0 Å². The summed E-state index contributed by atoms with van der Waals surface area (Å²) >= 11 is 0. The number of benzene rings is 1. The topological polar surface area (TPSA) is 0 Å². The molecule has 1 aliphatic rings. The molecule has 0 unspecified atom stereocenters. The van der Waals surface area contributed by atoms with Crippen molar-refractivity contribution >= 4 is 11.6 Å². The molecule has 0 saturated heterocycles. The van der Waals surface area contributed by atoms with Crippen LogP contribution in [0.1, 0.15) is 46.2 Å². The summed E-state index contributed by atoms with van der Waals surface area (Å²) in [6.45, 7) is 11.7. The second-order valence-electron chi connectivity index (χ2n) is 4.50. The molecule has 0 amide bonds. The first-order valence-corrected chi connectivity index (χ1v) is 5.36. The standard InChI is InChI=1S/C13H14.C2H5.CH4.Pd/c1-13(2,3)12-9-8-10-6-4-5-7-11(10)12;1-2;;/h4-8H,1-3H3;1H2,2H3;1H4;/q;-1;;+1. The number of hydrogen-bond acceptors (Lipinski definition) is 0. The van der Waals surface area contributed by atoms with Crippen molar-refractivity contribution in [1.82, 2.24) is 0 Å². The summed E-state index contributed by atoms with van der Waals surface area (Å²) in [5.74, 6) is 0. The van der Waals surface area contributed by atoms with E-state index in [1.165, 1.54) is 16.7 Å². The van der Waals surface area contributed by atoms with Crippen LogP contribution in [-0.4, -0.2) is 0 Å². The van der Waals surface area contributed by atoms with Crippen molar-refractivity contribution in [3.63, 3.8) is 0 Å². The molecule has 0 aromatic heterocycles. The molecular weight excluding hydrogens is 299 g/mol. The molecule has 1 aromatic carbocycles. The van der Waals surface area contributed by atoms with Crippen LogP contribution in [0.25, 0.3) is 11.6 Å². The Morgan fingerprint density at radius 3 is 2.12 bits per heavy atom. The maximum absolute atomic E-state index is 3.35. The van der Waals surface area contributed by atoms with E-state index in [9.17, 15) is 0 Å². The Balaban J connectivity index is 0. The fourth-order valence-electron chi connectivity index (χ4n) is 1.70. The van der Waals surface area contributed by atoms with E-state index in [0.717, 1.165) is 0 Å². The molecule has 1 heteroatoms. The molecule has 0 N–H and O–H groups in total. The van der Waals surface area contributed by atoms with Crippen LogP contribution in [0.15, 0.2) is 30.0 Å². The van der Waals surface area contributed by atoms with E-state index >= 15 is 0 Å². The Kier molecular flexibility index (Phi) is 8.47. The molecule has 1 aliphatic carbocycles. The summed E-state index contributed by atoms with van der Waals surface area (Å²) in [5.41, 5.74) is 7.51. The average molecular weight is 322 g/mol. The number of hydrogen-bond donors (Lipinski definition) is 0. The molecule has 0 fully saturated rings. The van der Waals surface area contributed by atoms with Crippen LogP contribution >= 0.6 is 0 Å². The second kappa shape index (κ2) is 7.68.